The molecule has 162 valence electrons. The number of nitriles is 1. The number of likely N-dealkylation sites (N-methyl/N-ethyl adjacent to an activating group) is 1. The van der Waals surface area contributed by atoms with E-state index in [1.165, 1.54) is 0 Å². The van der Waals surface area contributed by atoms with Crippen molar-refractivity contribution in [1.29, 1.82) is 5.26 Å². The number of fused-ring (bicyclic) bond motifs is 1. The average Bonchev–Trinajstić information content (AvgIpc) is 2.76. The van der Waals surface area contributed by atoms with Crippen molar-refractivity contribution in [2.75, 3.05) is 24.5 Å². The number of para-hydroxylation sites is 2. The Bertz CT molecular complexity index is 1120. The van der Waals surface area contributed by atoms with Crippen LogP contribution >= 0.6 is 0 Å². The van der Waals surface area contributed by atoms with Crippen molar-refractivity contribution in [3.8, 4) is 11.8 Å². The molecule has 0 radical (unpaired) electrons. The average molecular weight is 417 g/mol. The molecule has 5 heteroatoms. The molecule has 3 rings (SSSR count). The molecule has 0 saturated carbocycles. The smallest absolute Gasteiger partial charge is 0.275 e. The lowest BCUT2D eigenvalue weighted by molar-refractivity contribution is 0.179. The van der Waals surface area contributed by atoms with Crippen LogP contribution in [0.15, 0.2) is 59.4 Å². The van der Waals surface area contributed by atoms with E-state index in [4.69, 9.17) is 0 Å². The van der Waals surface area contributed by atoms with Crippen LogP contribution in [0.1, 0.15) is 40.2 Å². The lowest BCUT2D eigenvalue weighted by atomic mass is 10.1. The van der Waals surface area contributed by atoms with Crippen LogP contribution in [0.25, 0.3) is 16.6 Å². The highest BCUT2D eigenvalue weighted by atomic mass is 16.1. The Balaban J connectivity index is 2.19. The van der Waals surface area contributed by atoms with Crippen molar-refractivity contribution in [1.82, 2.24) is 9.47 Å². The van der Waals surface area contributed by atoms with Gasteiger partial charge < -0.3 is 4.90 Å². The Morgan fingerprint density at radius 2 is 1.55 bits per heavy atom. The molecule has 5 nitrogen and oxygen atoms in total. The third-order valence-corrected chi connectivity index (χ3v) is 5.83. The summed E-state index contributed by atoms with van der Waals surface area (Å²) in [5.41, 5.74) is 2.25. The molecule has 1 aromatic heterocycles. The van der Waals surface area contributed by atoms with Gasteiger partial charge in [0.05, 0.1) is 11.2 Å². The van der Waals surface area contributed by atoms with E-state index in [-0.39, 0.29) is 11.1 Å². The van der Waals surface area contributed by atoms with Gasteiger partial charge in [0.2, 0.25) is 0 Å². The second kappa shape index (κ2) is 9.80. The van der Waals surface area contributed by atoms with E-state index in [1.54, 1.807) is 4.57 Å². The van der Waals surface area contributed by atoms with Gasteiger partial charge in [-0.2, -0.15) is 5.26 Å². The molecule has 0 aliphatic heterocycles. The molecule has 31 heavy (non-hydrogen) atoms. The van der Waals surface area contributed by atoms with Gasteiger partial charge in [0.25, 0.3) is 5.56 Å². The van der Waals surface area contributed by atoms with Crippen LogP contribution in [-0.2, 0) is 0 Å². The summed E-state index contributed by atoms with van der Waals surface area (Å²) in [5, 5.41) is 10.9. The molecule has 0 N–H and O–H groups in total. The number of hydrogen-bond donors (Lipinski definition) is 0. The predicted molar refractivity (Wildman–Crippen MR) is 129 cm³/mol. The molecule has 1 heterocycles. The van der Waals surface area contributed by atoms with Crippen LogP contribution in [0, 0.1) is 11.3 Å². The van der Waals surface area contributed by atoms with Crippen LogP contribution in [0.5, 0.6) is 0 Å². The minimum absolute atomic E-state index is 0.199. The van der Waals surface area contributed by atoms with Gasteiger partial charge in [0.15, 0.2) is 0 Å². The number of rotatable bonds is 8. The van der Waals surface area contributed by atoms with E-state index in [1.807, 2.05) is 54.6 Å². The Morgan fingerprint density at radius 1 is 0.935 bits per heavy atom. The summed E-state index contributed by atoms with van der Waals surface area (Å²) >= 11 is 0. The van der Waals surface area contributed by atoms with Gasteiger partial charge in [-0.05, 0) is 52.8 Å². The SMILES string of the molecule is CCN(CCN(C(C)C)C(C)C)c1c(C#N)c(=O)n(-c2ccccc2)c2ccccc12. The van der Waals surface area contributed by atoms with Gasteiger partial charge in [-0.1, -0.05) is 36.4 Å². The topological polar surface area (TPSA) is 52.3 Å². The summed E-state index contributed by atoms with van der Waals surface area (Å²) in [7, 11) is 0. The maximum atomic E-state index is 13.5. The van der Waals surface area contributed by atoms with Crippen molar-refractivity contribution < 1.29 is 0 Å². The first-order valence-corrected chi connectivity index (χ1v) is 11.0. The number of pyridine rings is 1. The van der Waals surface area contributed by atoms with Gasteiger partial charge in [-0.15, -0.1) is 0 Å². The minimum Gasteiger partial charge on any atom is -0.369 e. The predicted octanol–water partition coefficient (Wildman–Crippen LogP) is 4.81. The summed E-state index contributed by atoms with van der Waals surface area (Å²) in [5.74, 6) is 0. The first-order chi connectivity index (χ1) is 14.9. The van der Waals surface area contributed by atoms with Crippen LogP contribution in [-0.4, -0.2) is 41.2 Å². The molecule has 0 unspecified atom stereocenters. The highest BCUT2D eigenvalue weighted by Gasteiger charge is 2.22. The fourth-order valence-corrected chi connectivity index (χ4v) is 4.37. The van der Waals surface area contributed by atoms with Crippen LogP contribution in [0.2, 0.25) is 0 Å². The second-order valence-corrected chi connectivity index (χ2v) is 8.33. The number of aromatic nitrogens is 1. The van der Waals surface area contributed by atoms with E-state index in [0.29, 0.717) is 12.1 Å². The molecule has 2 aromatic carbocycles. The van der Waals surface area contributed by atoms with Gasteiger partial charge in [-0.3, -0.25) is 14.3 Å². The summed E-state index contributed by atoms with van der Waals surface area (Å²) in [6.07, 6.45) is 0. The van der Waals surface area contributed by atoms with Crippen molar-refractivity contribution in [3.05, 3.63) is 70.5 Å². The Morgan fingerprint density at radius 3 is 2.13 bits per heavy atom. The summed E-state index contributed by atoms with van der Waals surface area (Å²) in [4.78, 5) is 18.1. The summed E-state index contributed by atoms with van der Waals surface area (Å²) in [6, 6.07) is 20.5. The molecule has 0 aliphatic rings. The van der Waals surface area contributed by atoms with Gasteiger partial charge in [0.1, 0.15) is 11.6 Å². The fraction of sp³-hybridized carbons (Fsp3) is 0.385. The zero-order chi connectivity index (χ0) is 22.5. The zero-order valence-electron chi connectivity index (χ0n) is 19.2. The first-order valence-electron chi connectivity index (χ1n) is 11.0. The highest BCUT2D eigenvalue weighted by Crippen LogP contribution is 2.30. The summed E-state index contributed by atoms with van der Waals surface area (Å²) in [6.45, 7) is 13.2. The fourth-order valence-electron chi connectivity index (χ4n) is 4.37. The maximum absolute atomic E-state index is 13.5. The zero-order valence-corrected chi connectivity index (χ0v) is 19.2. The molecule has 0 amide bonds. The third-order valence-electron chi connectivity index (χ3n) is 5.83. The largest absolute Gasteiger partial charge is 0.369 e. The molecule has 0 spiro atoms. The molecular formula is C26H32N4O. The minimum atomic E-state index is -0.273. The lowest BCUT2D eigenvalue weighted by Crippen LogP contribution is -2.43. The normalized spacial score (nSPS) is 11.5. The van der Waals surface area contributed by atoms with Crippen molar-refractivity contribution in [3.63, 3.8) is 0 Å². The summed E-state index contributed by atoms with van der Waals surface area (Å²) < 4.78 is 1.65. The van der Waals surface area contributed by atoms with Crippen LogP contribution in [0.3, 0.4) is 0 Å². The second-order valence-electron chi connectivity index (χ2n) is 8.33. The van der Waals surface area contributed by atoms with E-state index < -0.39 is 0 Å². The van der Waals surface area contributed by atoms with Gasteiger partial charge in [-0.25, -0.2) is 0 Å². The Hall–Kier alpha value is -3.10. The molecule has 3 aromatic rings. The monoisotopic (exact) mass is 416 g/mol. The molecule has 0 aliphatic carbocycles. The van der Waals surface area contributed by atoms with E-state index >= 15 is 0 Å². The van der Waals surface area contributed by atoms with E-state index in [2.05, 4.69) is 50.5 Å². The van der Waals surface area contributed by atoms with Crippen molar-refractivity contribution >= 4 is 16.6 Å². The van der Waals surface area contributed by atoms with Gasteiger partial charge in [0, 0.05) is 42.8 Å². The van der Waals surface area contributed by atoms with Crippen LogP contribution in [0.4, 0.5) is 5.69 Å². The molecule has 0 bridgehead atoms. The molecule has 0 atom stereocenters. The molecular weight excluding hydrogens is 384 g/mol. The number of anilines is 1. The maximum Gasteiger partial charge on any atom is 0.275 e. The van der Waals surface area contributed by atoms with Crippen molar-refractivity contribution in [2.45, 2.75) is 46.7 Å². The van der Waals surface area contributed by atoms with Crippen molar-refractivity contribution in [2.24, 2.45) is 0 Å². The Kier molecular flexibility index (Phi) is 7.14. The number of benzene rings is 2. The van der Waals surface area contributed by atoms with E-state index in [9.17, 15) is 10.1 Å². The number of nitrogens with zero attached hydrogens (tertiary/aromatic N) is 4. The lowest BCUT2D eigenvalue weighted by Gasteiger charge is -2.34. The van der Waals surface area contributed by atoms with Crippen LogP contribution < -0.4 is 10.5 Å². The number of hydrogen-bond acceptors (Lipinski definition) is 4. The highest BCUT2D eigenvalue weighted by molar-refractivity contribution is 5.95. The molecule has 0 fully saturated rings. The quantitative estimate of drug-likeness (QED) is 0.529. The molecule has 0 saturated heterocycles. The first kappa shape index (κ1) is 22.6. The third kappa shape index (κ3) is 4.50. The standard InChI is InChI=1S/C26H32N4O/c1-6-28(16-17-29(19(2)3)20(4)5)25-22-14-10-11-15-24(22)30(26(31)23(25)18-27)21-12-8-7-9-13-21/h7-15,19-20H,6,16-17H2,1-5H3. The Labute approximate surface area is 185 Å². The van der Waals surface area contributed by atoms with E-state index in [0.717, 1.165) is 41.9 Å². The van der Waals surface area contributed by atoms with Gasteiger partial charge >= 0.3 is 0 Å².